The zero-order valence-corrected chi connectivity index (χ0v) is 18.2. The highest BCUT2D eigenvalue weighted by atomic mass is 127. The van der Waals surface area contributed by atoms with Gasteiger partial charge in [0.05, 0.1) is 12.3 Å². The van der Waals surface area contributed by atoms with E-state index >= 15 is 0 Å². The predicted molar refractivity (Wildman–Crippen MR) is 119 cm³/mol. The molecule has 0 radical (unpaired) electrons. The molecule has 1 fully saturated rings. The van der Waals surface area contributed by atoms with E-state index < -0.39 is 0 Å². The second kappa shape index (κ2) is 7.12. The van der Waals surface area contributed by atoms with Gasteiger partial charge >= 0.3 is 0 Å². The van der Waals surface area contributed by atoms with Crippen LogP contribution in [0.5, 0.6) is 5.75 Å². The fourth-order valence-corrected chi connectivity index (χ4v) is 5.53. The Kier molecular flexibility index (Phi) is 4.77. The summed E-state index contributed by atoms with van der Waals surface area (Å²) >= 11 is 8.70. The van der Waals surface area contributed by atoms with Crippen LogP contribution in [0.2, 0.25) is 5.02 Å². The van der Waals surface area contributed by atoms with Crippen LogP contribution in [0.1, 0.15) is 30.4 Å². The molecule has 1 N–H and O–H groups in total. The number of nitrogens with zero attached hydrogens (tertiary/aromatic N) is 1. The van der Waals surface area contributed by atoms with Crippen LogP contribution in [0, 0.1) is 3.57 Å². The van der Waals surface area contributed by atoms with Gasteiger partial charge in [-0.25, -0.2) is 0 Å². The van der Waals surface area contributed by atoms with Crippen LogP contribution in [0.3, 0.4) is 0 Å². The molecule has 2 heterocycles. The Labute approximate surface area is 179 Å². The summed E-state index contributed by atoms with van der Waals surface area (Å²) in [6.07, 6.45) is 4.74. The highest BCUT2D eigenvalue weighted by molar-refractivity contribution is 14.1. The number of hydrogen-bond acceptors (Lipinski definition) is 3. The molecule has 2 aromatic carbocycles. The number of nitrogens with one attached hydrogen (secondary N) is 1. The van der Waals surface area contributed by atoms with Gasteiger partial charge in [0.25, 0.3) is 0 Å². The van der Waals surface area contributed by atoms with Crippen molar-refractivity contribution in [1.29, 1.82) is 0 Å². The van der Waals surface area contributed by atoms with Crippen molar-refractivity contribution in [3.8, 4) is 5.75 Å². The topological polar surface area (TPSA) is 24.5 Å². The van der Waals surface area contributed by atoms with Crippen molar-refractivity contribution < 1.29 is 4.74 Å². The molecule has 3 nitrogen and oxygen atoms in total. The lowest BCUT2D eigenvalue weighted by Crippen LogP contribution is -2.53. The highest BCUT2D eigenvalue weighted by Gasteiger charge is 2.42. The van der Waals surface area contributed by atoms with Crippen molar-refractivity contribution in [3.05, 3.63) is 56.1 Å². The molecule has 5 rings (SSSR count). The molecule has 0 amide bonds. The fourth-order valence-electron chi connectivity index (χ4n) is 4.86. The van der Waals surface area contributed by atoms with E-state index in [2.05, 4.69) is 63.1 Å². The van der Waals surface area contributed by atoms with E-state index in [0.29, 0.717) is 6.04 Å². The van der Waals surface area contributed by atoms with Crippen molar-refractivity contribution in [1.82, 2.24) is 5.32 Å². The molecule has 1 aliphatic carbocycles. The van der Waals surface area contributed by atoms with Crippen LogP contribution >= 0.6 is 34.2 Å². The summed E-state index contributed by atoms with van der Waals surface area (Å²) in [6, 6.07) is 13.6. The molecule has 0 saturated carbocycles. The van der Waals surface area contributed by atoms with Gasteiger partial charge in [-0.15, -0.1) is 0 Å². The maximum absolute atomic E-state index is 6.45. The summed E-state index contributed by atoms with van der Waals surface area (Å²) < 4.78 is 7.71. The number of fused-ring (bicyclic) bond motifs is 3. The van der Waals surface area contributed by atoms with Gasteiger partial charge in [0.15, 0.2) is 0 Å². The lowest BCUT2D eigenvalue weighted by atomic mass is 9.70. The summed E-state index contributed by atoms with van der Waals surface area (Å²) in [5, 5.41) is 4.42. The van der Waals surface area contributed by atoms with E-state index in [9.17, 15) is 0 Å². The van der Waals surface area contributed by atoms with Crippen molar-refractivity contribution >= 4 is 39.9 Å². The first-order valence-electron chi connectivity index (χ1n) is 9.83. The number of halogens is 2. The second-order valence-electron chi connectivity index (χ2n) is 8.16. The maximum atomic E-state index is 6.45. The van der Waals surface area contributed by atoms with E-state index in [1.165, 1.54) is 39.6 Å². The monoisotopic (exact) mass is 494 g/mol. The molecule has 3 aliphatic rings. The third-order valence-electron chi connectivity index (χ3n) is 6.37. The molecule has 1 saturated heterocycles. The number of benzene rings is 2. The second-order valence-corrected chi connectivity index (χ2v) is 9.84. The first-order chi connectivity index (χ1) is 13.1. The Morgan fingerprint density at radius 1 is 1.26 bits per heavy atom. The summed E-state index contributed by atoms with van der Waals surface area (Å²) in [5.74, 6) is 1.02. The number of hydrogen-bond donors (Lipinski definition) is 1. The first-order valence-corrected chi connectivity index (χ1v) is 11.3. The third-order valence-corrected chi connectivity index (χ3v) is 7.27. The van der Waals surface area contributed by atoms with Crippen LogP contribution in [0.25, 0.3) is 0 Å². The molecule has 5 heteroatoms. The number of aryl methyl sites for hydroxylation is 1. The lowest BCUT2D eigenvalue weighted by Gasteiger charge is -2.42. The van der Waals surface area contributed by atoms with Gasteiger partial charge < -0.3 is 15.0 Å². The molecule has 0 aromatic heterocycles. The van der Waals surface area contributed by atoms with E-state index in [-0.39, 0.29) is 5.41 Å². The minimum atomic E-state index is 0.0341. The minimum absolute atomic E-state index is 0.0341. The Morgan fingerprint density at radius 2 is 2.15 bits per heavy atom. The van der Waals surface area contributed by atoms with Crippen LogP contribution in [0.4, 0.5) is 5.69 Å². The maximum Gasteiger partial charge on any atom is 0.142 e. The molecule has 1 spiro atoms. The summed E-state index contributed by atoms with van der Waals surface area (Å²) in [6.45, 7) is 3.93. The zero-order chi connectivity index (χ0) is 18.4. The Hall–Kier alpha value is -0.980. The Morgan fingerprint density at radius 3 is 2.96 bits per heavy atom. The Balaban J connectivity index is 1.57. The van der Waals surface area contributed by atoms with Gasteiger partial charge in [0.1, 0.15) is 5.75 Å². The van der Waals surface area contributed by atoms with E-state index in [0.717, 1.165) is 43.4 Å². The molecular formula is C22H24ClIN2O. The normalized spacial score (nSPS) is 26.6. The first kappa shape index (κ1) is 18.1. The van der Waals surface area contributed by atoms with Crippen LogP contribution in [0.15, 0.2) is 36.4 Å². The van der Waals surface area contributed by atoms with E-state index in [4.69, 9.17) is 16.3 Å². The van der Waals surface area contributed by atoms with Crippen LogP contribution in [-0.4, -0.2) is 32.3 Å². The van der Waals surface area contributed by atoms with Crippen molar-refractivity contribution in [2.24, 2.45) is 0 Å². The SMILES string of the molecule is Clc1ccc2c(c1)CCC[C@]21COc2ccc(I)cc2N(C[C@@H]2CCN2)C1. The minimum Gasteiger partial charge on any atom is -0.490 e. The smallest absolute Gasteiger partial charge is 0.142 e. The fraction of sp³-hybridized carbons (Fsp3) is 0.455. The third kappa shape index (κ3) is 3.34. The van der Waals surface area contributed by atoms with Gasteiger partial charge in [-0.05, 0) is 96.3 Å². The lowest BCUT2D eigenvalue weighted by molar-refractivity contribution is 0.205. The van der Waals surface area contributed by atoms with E-state index in [1.54, 1.807) is 0 Å². The summed E-state index contributed by atoms with van der Waals surface area (Å²) in [5.41, 5.74) is 4.12. The number of ether oxygens (including phenoxy) is 1. The van der Waals surface area contributed by atoms with Crippen LogP contribution in [-0.2, 0) is 11.8 Å². The Bertz CT molecular complexity index is 869. The van der Waals surface area contributed by atoms with Gasteiger partial charge in [0.2, 0.25) is 0 Å². The largest absolute Gasteiger partial charge is 0.490 e. The van der Waals surface area contributed by atoms with Gasteiger partial charge in [-0.1, -0.05) is 17.7 Å². The van der Waals surface area contributed by atoms with Crippen molar-refractivity contribution in [2.45, 2.75) is 37.1 Å². The highest BCUT2D eigenvalue weighted by Crippen LogP contribution is 2.44. The summed E-state index contributed by atoms with van der Waals surface area (Å²) in [7, 11) is 0. The van der Waals surface area contributed by atoms with Crippen molar-refractivity contribution in [2.75, 3.05) is 31.1 Å². The average molecular weight is 495 g/mol. The van der Waals surface area contributed by atoms with E-state index in [1.807, 2.05) is 6.07 Å². The zero-order valence-electron chi connectivity index (χ0n) is 15.3. The summed E-state index contributed by atoms with van der Waals surface area (Å²) in [4.78, 5) is 2.57. The molecule has 2 aromatic rings. The van der Waals surface area contributed by atoms with Gasteiger partial charge in [-0.3, -0.25) is 0 Å². The average Bonchev–Trinajstić information content (AvgIpc) is 2.76. The molecule has 2 aliphatic heterocycles. The molecule has 0 unspecified atom stereocenters. The number of anilines is 1. The predicted octanol–water partition coefficient (Wildman–Crippen LogP) is 4.78. The quantitative estimate of drug-likeness (QED) is 0.608. The van der Waals surface area contributed by atoms with Crippen molar-refractivity contribution in [3.63, 3.8) is 0 Å². The molecule has 27 heavy (non-hydrogen) atoms. The van der Waals surface area contributed by atoms with Crippen LogP contribution < -0.4 is 15.0 Å². The van der Waals surface area contributed by atoms with Gasteiger partial charge in [0, 0.05) is 33.1 Å². The molecule has 142 valence electrons. The molecule has 0 bridgehead atoms. The van der Waals surface area contributed by atoms with Gasteiger partial charge in [-0.2, -0.15) is 0 Å². The number of rotatable bonds is 2. The molecular weight excluding hydrogens is 471 g/mol. The standard InChI is InChI=1S/C22H24ClIN2O/c23-16-3-5-19-15(10-16)2-1-8-22(19)13-26(12-18-7-9-25-18)20-11-17(24)4-6-21(20)27-14-22/h3-6,10-11,18,25H,1-2,7-9,12-14H2/t18-,22-/m0/s1. The molecule has 2 atom stereocenters.